The first-order chi connectivity index (χ1) is 16.6. The molecule has 0 saturated carbocycles. The Bertz CT molecular complexity index is 650. The molecule has 3 amide bonds. The fraction of sp³-hybridized carbons (Fsp3) is 0.818. The molecule has 5 atom stereocenters. The molecule has 0 aromatic rings. The molecule has 0 heterocycles. The molecule has 204 valence electrons. The van der Waals surface area contributed by atoms with Gasteiger partial charge in [-0.15, -0.1) is 0 Å². The molecule has 0 bridgehead atoms. The molecule has 13 heteroatoms. The van der Waals surface area contributed by atoms with E-state index in [2.05, 4.69) is 16.0 Å². The number of carbonyl (C=O) groups is 4. The van der Waals surface area contributed by atoms with Gasteiger partial charge in [-0.05, 0) is 77.9 Å². The Morgan fingerprint density at radius 2 is 1.14 bits per heavy atom. The smallest absolute Gasteiger partial charge is 0.326 e. The Kier molecular flexibility index (Phi) is 17.7. The number of nitrogens with two attached hydrogens (primary N) is 4. The Morgan fingerprint density at radius 3 is 1.60 bits per heavy atom. The summed E-state index contributed by atoms with van der Waals surface area (Å²) in [6.07, 6.45) is 3.03. The summed E-state index contributed by atoms with van der Waals surface area (Å²) in [6.45, 7) is 2.58. The number of carbonyl (C=O) groups excluding carboxylic acids is 3. The Balaban J connectivity index is 5.33. The average Bonchev–Trinajstić information content (AvgIpc) is 2.80. The largest absolute Gasteiger partial charge is 0.480 e. The number of aliphatic hydroxyl groups excluding tert-OH is 1. The van der Waals surface area contributed by atoms with Gasteiger partial charge >= 0.3 is 5.97 Å². The second-order valence-electron chi connectivity index (χ2n) is 8.65. The van der Waals surface area contributed by atoms with Crippen LogP contribution in [-0.4, -0.2) is 83.8 Å². The van der Waals surface area contributed by atoms with E-state index in [9.17, 15) is 29.4 Å². The highest BCUT2D eigenvalue weighted by Gasteiger charge is 2.32. The van der Waals surface area contributed by atoms with Crippen LogP contribution in [0.25, 0.3) is 0 Å². The zero-order valence-electron chi connectivity index (χ0n) is 20.7. The number of aliphatic carboxylic acids is 1. The average molecular weight is 504 g/mol. The van der Waals surface area contributed by atoms with Crippen molar-refractivity contribution in [1.29, 1.82) is 0 Å². The summed E-state index contributed by atoms with van der Waals surface area (Å²) in [5.41, 5.74) is 22.3. The maximum atomic E-state index is 12.9. The summed E-state index contributed by atoms with van der Waals surface area (Å²) in [4.78, 5) is 49.7. The molecule has 0 aromatic carbocycles. The van der Waals surface area contributed by atoms with E-state index < -0.39 is 54.0 Å². The zero-order chi connectivity index (χ0) is 26.8. The molecule has 0 saturated heterocycles. The number of amides is 3. The van der Waals surface area contributed by atoms with Crippen molar-refractivity contribution in [2.24, 2.45) is 22.9 Å². The molecule has 0 aliphatic carbocycles. The summed E-state index contributed by atoms with van der Waals surface area (Å²) in [5, 5.41) is 27.0. The van der Waals surface area contributed by atoms with E-state index in [1.807, 2.05) is 0 Å². The van der Waals surface area contributed by atoms with Crippen LogP contribution in [0.3, 0.4) is 0 Å². The Labute approximate surface area is 207 Å². The standard InChI is InChI=1S/C22H45N7O6/c1-14(30)18(29-19(31)15(26)8-2-5-11-23)21(33)27-16(9-3-6-12-24)20(32)28-17(22(34)35)10-4-7-13-25/h14-18,30H,2-13,23-26H2,1H3,(H,27,33)(H,28,32)(H,29,31)(H,34,35)/t14-,15+,16+,17+,18+/m1/s1. The molecule has 13 nitrogen and oxygen atoms in total. The van der Waals surface area contributed by atoms with Crippen LogP contribution in [0, 0.1) is 0 Å². The molecule has 0 rings (SSSR count). The molecular formula is C22H45N7O6. The second kappa shape index (κ2) is 18.9. The van der Waals surface area contributed by atoms with Gasteiger partial charge in [0, 0.05) is 0 Å². The van der Waals surface area contributed by atoms with Gasteiger partial charge in [-0.3, -0.25) is 14.4 Å². The van der Waals surface area contributed by atoms with Gasteiger partial charge in [-0.2, -0.15) is 0 Å². The zero-order valence-corrected chi connectivity index (χ0v) is 20.7. The first kappa shape index (κ1) is 32.7. The lowest BCUT2D eigenvalue weighted by molar-refractivity contribution is -0.142. The van der Waals surface area contributed by atoms with Crippen molar-refractivity contribution < 1.29 is 29.4 Å². The fourth-order valence-electron chi connectivity index (χ4n) is 3.35. The lowest BCUT2D eigenvalue weighted by Gasteiger charge is -2.26. The molecule has 35 heavy (non-hydrogen) atoms. The first-order valence-electron chi connectivity index (χ1n) is 12.3. The van der Waals surface area contributed by atoms with Crippen LogP contribution in [0.5, 0.6) is 0 Å². The normalized spacial score (nSPS) is 15.4. The molecule has 13 N–H and O–H groups in total. The number of nitrogens with one attached hydrogen (secondary N) is 3. The van der Waals surface area contributed by atoms with E-state index in [0.717, 1.165) is 0 Å². The minimum Gasteiger partial charge on any atom is -0.480 e. The lowest BCUT2D eigenvalue weighted by Crippen LogP contribution is -2.59. The van der Waals surface area contributed by atoms with Gasteiger partial charge in [0.2, 0.25) is 17.7 Å². The van der Waals surface area contributed by atoms with E-state index in [-0.39, 0.29) is 12.8 Å². The van der Waals surface area contributed by atoms with Crippen molar-refractivity contribution in [2.75, 3.05) is 19.6 Å². The minimum atomic E-state index is -1.35. The van der Waals surface area contributed by atoms with Crippen LogP contribution >= 0.6 is 0 Å². The number of hydrogen-bond donors (Lipinski definition) is 9. The predicted molar refractivity (Wildman–Crippen MR) is 132 cm³/mol. The predicted octanol–water partition coefficient (Wildman–Crippen LogP) is -2.38. The summed E-state index contributed by atoms with van der Waals surface area (Å²) in [7, 11) is 0. The molecule has 0 radical (unpaired) electrons. The SMILES string of the molecule is C[C@@H](O)[C@H](NC(=O)[C@@H](N)CCCCN)C(=O)N[C@@H](CCCCN)C(=O)N[C@@H](CCCCN)C(=O)O. The third-order valence-corrected chi connectivity index (χ3v) is 5.51. The van der Waals surface area contributed by atoms with Gasteiger partial charge < -0.3 is 49.1 Å². The van der Waals surface area contributed by atoms with E-state index in [0.29, 0.717) is 64.6 Å². The lowest BCUT2D eigenvalue weighted by atomic mass is 10.0. The van der Waals surface area contributed by atoms with E-state index >= 15 is 0 Å². The van der Waals surface area contributed by atoms with Crippen LogP contribution in [0.1, 0.15) is 64.7 Å². The summed E-state index contributed by atoms with van der Waals surface area (Å²) >= 11 is 0. The van der Waals surface area contributed by atoms with E-state index in [4.69, 9.17) is 22.9 Å². The summed E-state index contributed by atoms with van der Waals surface area (Å²) < 4.78 is 0. The fourth-order valence-corrected chi connectivity index (χ4v) is 3.35. The molecule has 0 unspecified atom stereocenters. The third kappa shape index (κ3) is 14.0. The molecular weight excluding hydrogens is 458 g/mol. The van der Waals surface area contributed by atoms with Crippen molar-refractivity contribution in [3.8, 4) is 0 Å². The van der Waals surface area contributed by atoms with Gasteiger partial charge in [-0.25, -0.2) is 4.79 Å². The van der Waals surface area contributed by atoms with Gasteiger partial charge in [0.25, 0.3) is 0 Å². The van der Waals surface area contributed by atoms with Crippen LogP contribution in [-0.2, 0) is 19.2 Å². The van der Waals surface area contributed by atoms with Crippen molar-refractivity contribution in [3.05, 3.63) is 0 Å². The number of rotatable bonds is 20. The quantitative estimate of drug-likeness (QED) is 0.0797. The first-order valence-corrected chi connectivity index (χ1v) is 12.3. The molecule has 0 spiro atoms. The Morgan fingerprint density at radius 1 is 0.686 bits per heavy atom. The number of aliphatic hydroxyl groups is 1. The Hall–Kier alpha value is -2.32. The van der Waals surface area contributed by atoms with Crippen LogP contribution in [0.4, 0.5) is 0 Å². The molecule has 0 fully saturated rings. The van der Waals surface area contributed by atoms with Crippen molar-refractivity contribution >= 4 is 23.7 Å². The maximum absolute atomic E-state index is 12.9. The molecule has 0 aliphatic rings. The van der Waals surface area contributed by atoms with Crippen LogP contribution < -0.4 is 38.9 Å². The number of unbranched alkanes of at least 4 members (excludes halogenated alkanes) is 3. The monoisotopic (exact) mass is 503 g/mol. The number of hydrogen-bond acceptors (Lipinski definition) is 9. The highest BCUT2D eigenvalue weighted by Crippen LogP contribution is 2.07. The summed E-state index contributed by atoms with van der Waals surface area (Å²) in [6, 6.07) is -4.46. The van der Waals surface area contributed by atoms with Gasteiger partial charge in [0.15, 0.2) is 0 Å². The van der Waals surface area contributed by atoms with Crippen LogP contribution in [0.2, 0.25) is 0 Å². The topological polar surface area (TPSA) is 249 Å². The highest BCUT2D eigenvalue weighted by atomic mass is 16.4. The minimum absolute atomic E-state index is 0.191. The van der Waals surface area contributed by atoms with Gasteiger partial charge in [-0.1, -0.05) is 6.42 Å². The highest BCUT2D eigenvalue weighted by molar-refractivity contribution is 5.94. The molecule has 0 aromatic heterocycles. The number of carboxylic acid groups (broad SMARTS) is 1. The third-order valence-electron chi connectivity index (χ3n) is 5.51. The van der Waals surface area contributed by atoms with Crippen molar-refractivity contribution in [1.82, 2.24) is 16.0 Å². The van der Waals surface area contributed by atoms with E-state index in [1.54, 1.807) is 0 Å². The van der Waals surface area contributed by atoms with Crippen molar-refractivity contribution in [3.63, 3.8) is 0 Å². The second-order valence-corrected chi connectivity index (χ2v) is 8.65. The maximum Gasteiger partial charge on any atom is 0.326 e. The van der Waals surface area contributed by atoms with Crippen LogP contribution in [0.15, 0.2) is 0 Å². The summed E-state index contributed by atoms with van der Waals surface area (Å²) in [5.74, 6) is -3.27. The number of carboxylic acids is 1. The van der Waals surface area contributed by atoms with Gasteiger partial charge in [0.1, 0.15) is 18.1 Å². The van der Waals surface area contributed by atoms with Gasteiger partial charge in [0.05, 0.1) is 12.1 Å². The molecule has 0 aliphatic heterocycles. The van der Waals surface area contributed by atoms with Crippen molar-refractivity contribution in [2.45, 2.75) is 95.0 Å². The van der Waals surface area contributed by atoms with E-state index in [1.165, 1.54) is 6.92 Å².